The number of benzene rings is 1. The van der Waals surface area contributed by atoms with Crippen molar-refractivity contribution in [3.05, 3.63) is 45.0 Å². The second-order valence-corrected chi connectivity index (χ2v) is 6.44. The Morgan fingerprint density at radius 1 is 1.04 bits per heavy atom. The number of fused-ring (bicyclic) bond motifs is 2. The summed E-state index contributed by atoms with van der Waals surface area (Å²) in [5, 5.41) is 10.4. The number of carboxylic acid groups (broad SMARTS) is 1. The van der Waals surface area contributed by atoms with Crippen LogP contribution < -0.4 is 5.63 Å². The molecule has 3 aromatic rings. The number of nitrogens with zero attached hydrogens (tertiary/aromatic N) is 1. The molecule has 0 fully saturated rings. The highest BCUT2D eigenvalue weighted by molar-refractivity contribution is 5.97. The highest BCUT2D eigenvalue weighted by Crippen LogP contribution is 2.31. The number of hydrogen-bond acceptors (Lipinski definition) is 5. The van der Waals surface area contributed by atoms with Gasteiger partial charge in [-0.1, -0.05) is 0 Å². The summed E-state index contributed by atoms with van der Waals surface area (Å²) < 4.78 is 11.1. The van der Waals surface area contributed by atoms with Gasteiger partial charge < -0.3 is 18.8 Å². The van der Waals surface area contributed by atoms with E-state index in [0.29, 0.717) is 16.7 Å². The second kappa shape index (κ2) is 6.33. The number of amides is 1. The van der Waals surface area contributed by atoms with E-state index in [4.69, 9.17) is 13.9 Å². The number of furan rings is 1. The van der Waals surface area contributed by atoms with E-state index < -0.39 is 24.0 Å². The molecule has 0 saturated heterocycles. The fourth-order valence-corrected chi connectivity index (χ4v) is 3.01. The third-order valence-electron chi connectivity index (χ3n) is 4.71. The van der Waals surface area contributed by atoms with Gasteiger partial charge in [0.25, 0.3) is 0 Å². The molecule has 0 saturated carbocycles. The third-order valence-corrected chi connectivity index (χ3v) is 4.71. The fourth-order valence-electron chi connectivity index (χ4n) is 3.01. The molecule has 1 amide bonds. The maximum atomic E-state index is 12.4. The van der Waals surface area contributed by atoms with Crippen molar-refractivity contribution in [2.24, 2.45) is 0 Å². The van der Waals surface area contributed by atoms with E-state index in [1.54, 1.807) is 13.0 Å². The normalized spacial score (nSPS) is 11.2. The average molecular weight is 357 g/mol. The van der Waals surface area contributed by atoms with Gasteiger partial charge >= 0.3 is 11.6 Å². The molecule has 2 heterocycles. The summed E-state index contributed by atoms with van der Waals surface area (Å²) in [4.78, 5) is 36.4. The van der Waals surface area contributed by atoms with E-state index in [1.165, 1.54) is 7.05 Å². The Hall–Kier alpha value is -3.09. The van der Waals surface area contributed by atoms with Crippen LogP contribution in [-0.4, -0.2) is 35.5 Å². The molecule has 0 aliphatic heterocycles. The smallest absolute Gasteiger partial charge is 0.340 e. The highest BCUT2D eigenvalue weighted by atomic mass is 16.4. The van der Waals surface area contributed by atoms with E-state index in [1.807, 2.05) is 19.9 Å². The Morgan fingerprint density at radius 3 is 2.31 bits per heavy atom. The minimum Gasteiger partial charge on any atom is -0.480 e. The predicted octanol–water partition coefficient (Wildman–Crippen LogP) is 2.55. The van der Waals surface area contributed by atoms with Crippen molar-refractivity contribution in [1.29, 1.82) is 0 Å². The number of carbonyl (C=O) groups is 2. The molecule has 0 radical (unpaired) electrons. The number of carboxylic acids is 1. The molecule has 0 aliphatic rings. The SMILES string of the molecule is Cc1oc2cc3oc(=O)c(CC(=O)N(C)CC(=O)O)c(C)c3cc2c1C. The Bertz CT molecular complexity index is 1100. The largest absolute Gasteiger partial charge is 0.480 e. The Balaban J connectivity index is 2.10. The van der Waals surface area contributed by atoms with Gasteiger partial charge in [-0.25, -0.2) is 4.79 Å². The summed E-state index contributed by atoms with van der Waals surface area (Å²) in [6.45, 7) is 5.15. The maximum absolute atomic E-state index is 12.4. The van der Waals surface area contributed by atoms with Crippen LogP contribution in [0.1, 0.15) is 22.5 Å². The van der Waals surface area contributed by atoms with Gasteiger partial charge in [-0.3, -0.25) is 9.59 Å². The van der Waals surface area contributed by atoms with E-state index in [9.17, 15) is 14.4 Å². The lowest BCUT2D eigenvalue weighted by Gasteiger charge is -2.15. The van der Waals surface area contributed by atoms with Crippen molar-refractivity contribution in [2.75, 3.05) is 13.6 Å². The minimum atomic E-state index is -1.11. The van der Waals surface area contributed by atoms with E-state index in [0.717, 1.165) is 27.0 Å². The molecule has 1 aromatic carbocycles. The first kappa shape index (κ1) is 17.7. The molecular weight excluding hydrogens is 338 g/mol. The van der Waals surface area contributed by atoms with Gasteiger partial charge in [0.05, 0.1) is 12.0 Å². The van der Waals surface area contributed by atoms with Crippen LogP contribution in [0.4, 0.5) is 0 Å². The number of aliphatic carboxylic acids is 1. The van der Waals surface area contributed by atoms with E-state index >= 15 is 0 Å². The maximum Gasteiger partial charge on any atom is 0.340 e. The summed E-state index contributed by atoms with van der Waals surface area (Å²) >= 11 is 0. The van der Waals surface area contributed by atoms with Crippen molar-refractivity contribution in [2.45, 2.75) is 27.2 Å². The fraction of sp³-hybridized carbons (Fsp3) is 0.316. The van der Waals surface area contributed by atoms with Crippen LogP contribution >= 0.6 is 0 Å². The van der Waals surface area contributed by atoms with Gasteiger partial charge in [0.15, 0.2) is 0 Å². The Morgan fingerprint density at radius 2 is 1.65 bits per heavy atom. The van der Waals surface area contributed by atoms with Crippen LogP contribution in [0.2, 0.25) is 0 Å². The lowest BCUT2D eigenvalue weighted by molar-refractivity contribution is -0.143. The van der Waals surface area contributed by atoms with Gasteiger partial charge in [0.1, 0.15) is 23.5 Å². The molecule has 7 nitrogen and oxygen atoms in total. The zero-order valence-electron chi connectivity index (χ0n) is 15.0. The number of aryl methyl sites for hydroxylation is 3. The zero-order valence-corrected chi connectivity index (χ0v) is 15.0. The van der Waals surface area contributed by atoms with Gasteiger partial charge in [-0.2, -0.15) is 0 Å². The molecule has 0 atom stereocenters. The minimum absolute atomic E-state index is 0.213. The summed E-state index contributed by atoms with van der Waals surface area (Å²) in [6.07, 6.45) is -0.213. The number of carbonyl (C=O) groups excluding carboxylic acids is 1. The molecule has 0 aliphatic carbocycles. The second-order valence-electron chi connectivity index (χ2n) is 6.44. The molecule has 136 valence electrons. The average Bonchev–Trinajstić information content (AvgIpc) is 2.83. The van der Waals surface area contributed by atoms with Crippen molar-refractivity contribution < 1.29 is 23.5 Å². The topological polar surface area (TPSA) is 101 Å². The predicted molar refractivity (Wildman–Crippen MR) is 95.4 cm³/mol. The first-order chi connectivity index (χ1) is 12.2. The quantitative estimate of drug-likeness (QED) is 0.720. The van der Waals surface area contributed by atoms with Gasteiger partial charge in [0.2, 0.25) is 5.91 Å². The summed E-state index contributed by atoms with van der Waals surface area (Å²) in [6, 6.07) is 3.57. The molecule has 3 rings (SSSR count). The van der Waals surface area contributed by atoms with E-state index in [-0.39, 0.29) is 12.0 Å². The van der Waals surface area contributed by atoms with Crippen LogP contribution in [0, 0.1) is 20.8 Å². The molecule has 0 unspecified atom stereocenters. The molecule has 2 aromatic heterocycles. The van der Waals surface area contributed by atoms with Crippen molar-refractivity contribution in [1.82, 2.24) is 4.90 Å². The lowest BCUT2D eigenvalue weighted by Crippen LogP contribution is -2.34. The standard InChI is InChI=1S/C19H19NO6/c1-9-11(3)25-15-7-16-13(5-12(9)15)10(2)14(19(24)26-16)6-17(21)20(4)8-18(22)23/h5,7H,6,8H2,1-4H3,(H,22,23). The van der Waals surface area contributed by atoms with Crippen LogP contribution in [0.25, 0.3) is 21.9 Å². The van der Waals surface area contributed by atoms with Crippen LogP contribution in [0.3, 0.4) is 0 Å². The van der Waals surface area contributed by atoms with E-state index in [2.05, 4.69) is 0 Å². The van der Waals surface area contributed by atoms with Gasteiger partial charge in [-0.15, -0.1) is 0 Å². The van der Waals surface area contributed by atoms with Crippen molar-refractivity contribution in [3.8, 4) is 0 Å². The zero-order chi connectivity index (χ0) is 19.2. The van der Waals surface area contributed by atoms with Crippen LogP contribution in [-0.2, 0) is 16.0 Å². The van der Waals surface area contributed by atoms with Crippen molar-refractivity contribution >= 4 is 33.8 Å². The number of hydrogen-bond donors (Lipinski definition) is 1. The number of likely N-dealkylation sites (N-methyl/N-ethyl adjacent to an activating group) is 1. The van der Waals surface area contributed by atoms with Gasteiger partial charge in [-0.05, 0) is 38.0 Å². The molecule has 26 heavy (non-hydrogen) atoms. The van der Waals surface area contributed by atoms with Crippen molar-refractivity contribution in [3.63, 3.8) is 0 Å². The summed E-state index contributed by atoms with van der Waals surface area (Å²) in [5.41, 5.74) is 2.31. The first-order valence-corrected chi connectivity index (χ1v) is 8.10. The van der Waals surface area contributed by atoms with Crippen LogP contribution in [0.15, 0.2) is 25.8 Å². The third kappa shape index (κ3) is 2.96. The summed E-state index contributed by atoms with van der Waals surface area (Å²) in [7, 11) is 1.38. The Labute approximate surface area is 148 Å². The molecular formula is C19H19NO6. The lowest BCUT2D eigenvalue weighted by atomic mass is 10.0. The van der Waals surface area contributed by atoms with Gasteiger partial charge in [0, 0.05) is 23.9 Å². The van der Waals surface area contributed by atoms with Crippen LogP contribution in [0.5, 0.6) is 0 Å². The first-order valence-electron chi connectivity index (χ1n) is 8.10. The summed E-state index contributed by atoms with van der Waals surface area (Å²) in [5.74, 6) is -0.782. The molecule has 0 spiro atoms. The Kier molecular flexibility index (Phi) is 4.31. The molecule has 7 heteroatoms. The molecule has 1 N–H and O–H groups in total. The number of rotatable bonds is 4. The molecule has 0 bridgehead atoms. The highest BCUT2D eigenvalue weighted by Gasteiger charge is 2.20. The monoisotopic (exact) mass is 357 g/mol.